The molecule has 1 heterocycles. The van der Waals surface area contributed by atoms with Gasteiger partial charge in [-0.2, -0.15) is 0 Å². The molecular weight excluding hydrogens is 290 g/mol. The number of hydrogen-bond acceptors (Lipinski definition) is 3. The van der Waals surface area contributed by atoms with Gasteiger partial charge in [0.25, 0.3) is 0 Å². The van der Waals surface area contributed by atoms with Crippen LogP contribution in [0.2, 0.25) is 0 Å². The molecule has 0 bridgehead atoms. The summed E-state index contributed by atoms with van der Waals surface area (Å²) in [4.78, 5) is 10.9. The third-order valence-electron chi connectivity index (χ3n) is 2.25. The number of aromatic amines is 1. The first kappa shape index (κ1) is 13.3. The van der Waals surface area contributed by atoms with Gasteiger partial charge in [0, 0.05) is 6.07 Å². The number of carbonyl (C=O) groups is 1. The van der Waals surface area contributed by atoms with Crippen molar-refractivity contribution in [2.75, 3.05) is 0 Å². The fraction of sp³-hybridized carbons (Fsp3) is 0. The smallest absolute Gasteiger partial charge is 0.339 e. The van der Waals surface area contributed by atoms with E-state index in [1.807, 2.05) is 0 Å². The minimum absolute atomic E-state index is 0.0594. The summed E-state index contributed by atoms with van der Waals surface area (Å²) in [5.74, 6) is -10.8. The SMILES string of the molecule is O=C(O)c1c(F)c(F)c(F)c(F)c1-c1cc(=S)[nH]o1. The van der Waals surface area contributed by atoms with Crippen LogP contribution in [0, 0.1) is 27.9 Å². The van der Waals surface area contributed by atoms with Gasteiger partial charge in [0.15, 0.2) is 29.0 Å². The highest BCUT2D eigenvalue weighted by atomic mass is 32.1. The molecule has 0 spiro atoms. The van der Waals surface area contributed by atoms with Crippen LogP contribution in [0.4, 0.5) is 17.6 Å². The van der Waals surface area contributed by atoms with Crippen LogP contribution in [-0.2, 0) is 0 Å². The van der Waals surface area contributed by atoms with Gasteiger partial charge in [0.2, 0.25) is 0 Å². The number of halogens is 4. The monoisotopic (exact) mass is 293 g/mol. The summed E-state index contributed by atoms with van der Waals surface area (Å²) in [6, 6.07) is 0.941. The van der Waals surface area contributed by atoms with Crippen LogP contribution >= 0.6 is 12.2 Å². The van der Waals surface area contributed by atoms with Crippen LogP contribution in [0.1, 0.15) is 10.4 Å². The Kier molecular flexibility index (Phi) is 3.14. The first-order chi connectivity index (χ1) is 8.84. The minimum Gasteiger partial charge on any atom is -0.478 e. The van der Waals surface area contributed by atoms with Gasteiger partial charge in [-0.05, 0) is 0 Å². The third kappa shape index (κ3) is 2.01. The summed E-state index contributed by atoms with van der Waals surface area (Å²) in [7, 11) is 0. The maximum absolute atomic E-state index is 13.6. The maximum Gasteiger partial charge on any atom is 0.339 e. The van der Waals surface area contributed by atoms with Crippen LogP contribution < -0.4 is 0 Å². The van der Waals surface area contributed by atoms with E-state index in [2.05, 4.69) is 21.9 Å². The zero-order chi connectivity index (χ0) is 14.3. The Labute approximate surface area is 107 Å². The zero-order valence-electron chi connectivity index (χ0n) is 8.76. The van der Waals surface area contributed by atoms with E-state index in [0.717, 1.165) is 6.07 Å². The van der Waals surface area contributed by atoms with Crippen LogP contribution in [-0.4, -0.2) is 16.2 Å². The number of aromatic carboxylic acids is 1. The molecule has 2 rings (SSSR count). The van der Waals surface area contributed by atoms with Crippen LogP contribution in [0.5, 0.6) is 0 Å². The summed E-state index contributed by atoms with van der Waals surface area (Å²) in [6.07, 6.45) is 0. The molecule has 0 fully saturated rings. The van der Waals surface area contributed by atoms with Crippen molar-refractivity contribution in [3.63, 3.8) is 0 Å². The van der Waals surface area contributed by atoms with Gasteiger partial charge >= 0.3 is 5.97 Å². The summed E-state index contributed by atoms with van der Waals surface area (Å²) < 4.78 is 57.7. The van der Waals surface area contributed by atoms with E-state index in [-0.39, 0.29) is 4.64 Å². The third-order valence-corrected chi connectivity index (χ3v) is 2.45. The molecule has 0 saturated heterocycles. The molecule has 4 nitrogen and oxygen atoms in total. The highest BCUT2D eigenvalue weighted by Gasteiger charge is 2.31. The number of aromatic nitrogens is 1. The van der Waals surface area contributed by atoms with E-state index >= 15 is 0 Å². The Hall–Kier alpha value is -2.16. The predicted octanol–water partition coefficient (Wildman–Crippen LogP) is 3.26. The molecule has 2 aromatic rings. The molecule has 1 aromatic carbocycles. The zero-order valence-corrected chi connectivity index (χ0v) is 9.58. The highest BCUT2D eigenvalue weighted by molar-refractivity contribution is 7.71. The summed E-state index contributed by atoms with van der Waals surface area (Å²) >= 11 is 4.60. The van der Waals surface area contributed by atoms with Gasteiger partial charge in [-0.3, -0.25) is 0 Å². The van der Waals surface area contributed by atoms with Gasteiger partial charge in [-0.25, -0.2) is 27.5 Å². The molecule has 0 aliphatic carbocycles. The Morgan fingerprint density at radius 2 is 1.74 bits per heavy atom. The molecule has 0 unspecified atom stereocenters. The van der Waals surface area contributed by atoms with Crippen molar-refractivity contribution < 1.29 is 32.0 Å². The first-order valence-corrected chi connectivity index (χ1v) is 5.03. The van der Waals surface area contributed by atoms with Crippen molar-refractivity contribution >= 4 is 18.2 Å². The molecule has 2 N–H and O–H groups in total. The second kappa shape index (κ2) is 4.50. The van der Waals surface area contributed by atoms with E-state index in [0.29, 0.717) is 0 Å². The average Bonchev–Trinajstić information content (AvgIpc) is 2.76. The number of H-pyrrole nitrogens is 1. The van der Waals surface area contributed by atoms with Gasteiger partial charge in [0.05, 0.1) is 5.56 Å². The molecule has 0 saturated carbocycles. The lowest BCUT2D eigenvalue weighted by atomic mass is 10.0. The van der Waals surface area contributed by atoms with Gasteiger partial charge < -0.3 is 9.63 Å². The van der Waals surface area contributed by atoms with Gasteiger partial charge in [0.1, 0.15) is 10.2 Å². The van der Waals surface area contributed by atoms with Gasteiger partial charge in [-0.15, -0.1) is 0 Å². The van der Waals surface area contributed by atoms with Crippen LogP contribution in [0.15, 0.2) is 10.6 Å². The van der Waals surface area contributed by atoms with Crippen molar-refractivity contribution in [2.45, 2.75) is 0 Å². The second-order valence-electron chi connectivity index (χ2n) is 3.39. The van der Waals surface area contributed by atoms with Gasteiger partial charge in [-0.1, -0.05) is 12.2 Å². The van der Waals surface area contributed by atoms with Crippen molar-refractivity contribution in [3.05, 3.63) is 39.5 Å². The molecule has 1 aromatic heterocycles. The largest absolute Gasteiger partial charge is 0.478 e. The second-order valence-corrected chi connectivity index (χ2v) is 3.83. The summed E-state index contributed by atoms with van der Waals surface area (Å²) in [6.45, 7) is 0. The standard InChI is InChI=1S/C10H3F4NO3S/c11-6-4(2-1-3(19)15-18-2)5(10(16)17)7(12)9(14)8(6)13/h1H,(H,15,19)(H,16,17). The molecule has 0 aliphatic rings. The average molecular weight is 293 g/mol. The molecule has 100 valence electrons. The van der Waals surface area contributed by atoms with E-state index in [1.54, 1.807) is 0 Å². The first-order valence-electron chi connectivity index (χ1n) is 4.62. The Morgan fingerprint density at radius 1 is 1.16 bits per heavy atom. The fourth-order valence-corrected chi connectivity index (χ4v) is 1.62. The quantitative estimate of drug-likeness (QED) is 0.386. The normalized spacial score (nSPS) is 10.7. The maximum atomic E-state index is 13.6. The van der Waals surface area contributed by atoms with E-state index in [4.69, 9.17) is 5.11 Å². The number of hydrogen-bond donors (Lipinski definition) is 2. The van der Waals surface area contributed by atoms with Crippen molar-refractivity contribution in [1.29, 1.82) is 0 Å². The topological polar surface area (TPSA) is 66.2 Å². The number of benzene rings is 1. The van der Waals surface area contributed by atoms with Crippen LogP contribution in [0.3, 0.4) is 0 Å². The van der Waals surface area contributed by atoms with Crippen molar-refractivity contribution in [1.82, 2.24) is 5.16 Å². The lowest BCUT2D eigenvalue weighted by Crippen LogP contribution is -2.10. The molecule has 9 heteroatoms. The number of carboxylic acids is 1. The number of carboxylic acid groups (broad SMARTS) is 1. The summed E-state index contributed by atoms with van der Waals surface area (Å²) in [5.41, 5.74) is -2.44. The summed E-state index contributed by atoms with van der Waals surface area (Å²) in [5, 5.41) is 10.8. The highest BCUT2D eigenvalue weighted by Crippen LogP contribution is 2.32. The molecule has 0 atom stereocenters. The van der Waals surface area contributed by atoms with E-state index < -0.39 is 46.1 Å². The number of rotatable bonds is 2. The Balaban J connectivity index is 2.93. The fourth-order valence-electron chi connectivity index (χ4n) is 1.47. The Morgan fingerprint density at radius 3 is 2.21 bits per heavy atom. The molecule has 0 amide bonds. The lowest BCUT2D eigenvalue weighted by Gasteiger charge is -2.07. The number of nitrogens with one attached hydrogen (secondary N) is 1. The van der Waals surface area contributed by atoms with Crippen molar-refractivity contribution in [3.8, 4) is 11.3 Å². The van der Waals surface area contributed by atoms with Crippen LogP contribution in [0.25, 0.3) is 11.3 Å². The lowest BCUT2D eigenvalue weighted by molar-refractivity contribution is 0.0690. The minimum atomic E-state index is -2.22. The molecule has 19 heavy (non-hydrogen) atoms. The Bertz CT molecular complexity index is 737. The van der Waals surface area contributed by atoms with E-state index in [1.165, 1.54) is 0 Å². The molecule has 0 aliphatic heterocycles. The van der Waals surface area contributed by atoms with E-state index in [9.17, 15) is 22.4 Å². The molecular formula is C10H3F4NO3S. The predicted molar refractivity (Wildman–Crippen MR) is 56.1 cm³/mol. The molecule has 0 radical (unpaired) electrons. The van der Waals surface area contributed by atoms with Crippen molar-refractivity contribution in [2.24, 2.45) is 0 Å².